The van der Waals surface area contributed by atoms with Crippen molar-refractivity contribution in [2.24, 2.45) is 5.92 Å². The molecule has 0 bridgehead atoms. The van der Waals surface area contributed by atoms with Crippen molar-refractivity contribution in [1.82, 2.24) is 10.2 Å². The van der Waals surface area contributed by atoms with Crippen LogP contribution < -0.4 is 5.32 Å². The van der Waals surface area contributed by atoms with Crippen LogP contribution in [0.4, 0.5) is 0 Å². The smallest absolute Gasteiger partial charge is 0.0332 e. The van der Waals surface area contributed by atoms with Crippen LogP contribution in [0.25, 0.3) is 0 Å². The highest BCUT2D eigenvalue weighted by Crippen LogP contribution is 2.29. The number of nitrogens with zero attached hydrogens (tertiary/aromatic N) is 1. The van der Waals surface area contributed by atoms with Gasteiger partial charge in [-0.25, -0.2) is 0 Å². The highest BCUT2D eigenvalue weighted by Gasteiger charge is 2.31. The fourth-order valence-electron chi connectivity index (χ4n) is 3.66. The number of piperazine rings is 1. The molecule has 3 rings (SSSR count). The Morgan fingerprint density at radius 1 is 1.35 bits per heavy atom. The Kier molecular flexibility index (Phi) is 5.18. The van der Waals surface area contributed by atoms with Crippen LogP contribution in [0.2, 0.25) is 0 Å². The van der Waals surface area contributed by atoms with Gasteiger partial charge in [0.15, 0.2) is 0 Å². The molecule has 2 atom stereocenters. The first kappa shape index (κ1) is 15.0. The molecule has 4 heteroatoms. The first-order valence-corrected chi connectivity index (χ1v) is 9.60. The van der Waals surface area contributed by atoms with Gasteiger partial charge in [-0.2, -0.15) is 0 Å². The Hall–Kier alpha value is 0.1000. The quantitative estimate of drug-likeness (QED) is 0.870. The molecule has 112 valence electrons. The summed E-state index contributed by atoms with van der Waals surface area (Å²) in [7, 11) is 0. The third-order valence-electron chi connectivity index (χ3n) is 4.93. The fraction of sp³-hybridized carbons (Fsp3) is 0.750. The summed E-state index contributed by atoms with van der Waals surface area (Å²) < 4.78 is 1.23. The van der Waals surface area contributed by atoms with Gasteiger partial charge < -0.3 is 5.32 Å². The zero-order valence-electron chi connectivity index (χ0n) is 12.3. The van der Waals surface area contributed by atoms with Crippen LogP contribution in [0.15, 0.2) is 15.9 Å². The lowest BCUT2D eigenvalue weighted by Crippen LogP contribution is -2.57. The van der Waals surface area contributed by atoms with Crippen LogP contribution in [-0.4, -0.2) is 30.1 Å². The number of hydrogen-bond donors (Lipinski definition) is 1. The summed E-state index contributed by atoms with van der Waals surface area (Å²) >= 11 is 5.44. The minimum Gasteiger partial charge on any atom is -0.311 e. The molecule has 20 heavy (non-hydrogen) atoms. The van der Waals surface area contributed by atoms with E-state index in [9.17, 15) is 0 Å². The molecule has 2 nitrogen and oxygen atoms in total. The predicted molar refractivity (Wildman–Crippen MR) is 90.3 cm³/mol. The number of halogens is 1. The summed E-state index contributed by atoms with van der Waals surface area (Å²) in [5.74, 6) is 0.911. The maximum Gasteiger partial charge on any atom is 0.0332 e. The van der Waals surface area contributed by atoms with E-state index in [-0.39, 0.29) is 0 Å². The van der Waals surface area contributed by atoms with Gasteiger partial charge in [-0.15, -0.1) is 11.3 Å². The second kappa shape index (κ2) is 6.91. The normalized spacial score (nSPS) is 29.7. The molecule has 0 spiro atoms. The van der Waals surface area contributed by atoms with Gasteiger partial charge in [0.2, 0.25) is 0 Å². The first-order valence-electron chi connectivity index (χ1n) is 7.92. The molecule has 1 aromatic heterocycles. The molecule has 1 saturated heterocycles. The van der Waals surface area contributed by atoms with E-state index >= 15 is 0 Å². The van der Waals surface area contributed by atoms with Gasteiger partial charge in [0, 0.05) is 46.4 Å². The van der Waals surface area contributed by atoms with Crippen LogP contribution in [-0.2, 0) is 6.54 Å². The van der Waals surface area contributed by atoms with Crippen molar-refractivity contribution in [3.05, 3.63) is 20.8 Å². The fourth-order valence-corrected chi connectivity index (χ4v) is 5.13. The number of nitrogens with one attached hydrogen (secondary N) is 1. The molecule has 1 saturated carbocycles. The van der Waals surface area contributed by atoms with Crippen molar-refractivity contribution < 1.29 is 0 Å². The zero-order valence-corrected chi connectivity index (χ0v) is 14.7. The van der Waals surface area contributed by atoms with Crippen molar-refractivity contribution in [3.63, 3.8) is 0 Å². The molecule has 0 amide bonds. The third kappa shape index (κ3) is 3.65. The highest BCUT2D eigenvalue weighted by molar-refractivity contribution is 9.10. The Labute approximate surface area is 135 Å². The summed E-state index contributed by atoms with van der Waals surface area (Å²) in [4.78, 5) is 4.15. The SMILES string of the molecule is CC1CNC(C2CCCCC2)CN1Cc1cc(Br)cs1. The van der Waals surface area contributed by atoms with E-state index in [2.05, 4.69) is 44.5 Å². The van der Waals surface area contributed by atoms with Gasteiger partial charge in [0.1, 0.15) is 0 Å². The van der Waals surface area contributed by atoms with Gasteiger partial charge >= 0.3 is 0 Å². The minimum absolute atomic E-state index is 0.649. The largest absolute Gasteiger partial charge is 0.311 e. The van der Waals surface area contributed by atoms with Gasteiger partial charge in [-0.05, 0) is 47.7 Å². The van der Waals surface area contributed by atoms with E-state index in [4.69, 9.17) is 0 Å². The van der Waals surface area contributed by atoms with E-state index in [0.717, 1.165) is 25.0 Å². The summed E-state index contributed by atoms with van der Waals surface area (Å²) in [5, 5.41) is 6.01. The average molecular weight is 357 g/mol. The minimum atomic E-state index is 0.649. The van der Waals surface area contributed by atoms with E-state index < -0.39 is 0 Å². The van der Waals surface area contributed by atoms with Crippen molar-refractivity contribution in [3.8, 4) is 0 Å². The maximum absolute atomic E-state index is 3.81. The highest BCUT2D eigenvalue weighted by atomic mass is 79.9. The Morgan fingerprint density at radius 2 is 2.15 bits per heavy atom. The molecule has 1 aromatic rings. The van der Waals surface area contributed by atoms with Crippen LogP contribution >= 0.6 is 27.3 Å². The standard InChI is InChI=1S/C16H25BrN2S/c1-12-8-18-16(13-5-3-2-4-6-13)10-19(12)9-15-7-14(17)11-20-15/h7,11-13,16,18H,2-6,8-10H2,1H3. The lowest BCUT2D eigenvalue weighted by molar-refractivity contribution is 0.0990. The lowest BCUT2D eigenvalue weighted by atomic mass is 9.82. The molecule has 2 heterocycles. The summed E-state index contributed by atoms with van der Waals surface area (Å²) in [5.41, 5.74) is 0. The molecule has 1 aliphatic heterocycles. The molecule has 0 aromatic carbocycles. The van der Waals surface area contributed by atoms with E-state index in [1.807, 2.05) is 11.3 Å². The second-order valence-corrected chi connectivity index (χ2v) is 8.33. The zero-order chi connectivity index (χ0) is 13.9. The monoisotopic (exact) mass is 356 g/mol. The Bertz CT molecular complexity index is 428. The van der Waals surface area contributed by atoms with Gasteiger partial charge in [-0.1, -0.05) is 19.3 Å². The van der Waals surface area contributed by atoms with Crippen molar-refractivity contribution in [2.45, 2.75) is 57.7 Å². The van der Waals surface area contributed by atoms with E-state index in [0.29, 0.717) is 6.04 Å². The first-order chi connectivity index (χ1) is 9.72. The summed E-state index contributed by atoms with van der Waals surface area (Å²) in [6.07, 6.45) is 7.20. The predicted octanol–water partition coefficient (Wildman–Crippen LogP) is 4.25. The Morgan fingerprint density at radius 3 is 2.85 bits per heavy atom. The number of thiophene rings is 1. The van der Waals surface area contributed by atoms with Gasteiger partial charge in [0.05, 0.1) is 0 Å². The lowest BCUT2D eigenvalue weighted by Gasteiger charge is -2.42. The van der Waals surface area contributed by atoms with Crippen molar-refractivity contribution in [1.29, 1.82) is 0 Å². The molecule has 2 aliphatic rings. The molecular formula is C16H25BrN2S. The average Bonchev–Trinajstić information content (AvgIpc) is 2.88. The summed E-state index contributed by atoms with van der Waals surface area (Å²) in [6, 6.07) is 3.64. The van der Waals surface area contributed by atoms with Crippen LogP contribution in [0.5, 0.6) is 0 Å². The van der Waals surface area contributed by atoms with Crippen LogP contribution in [0.1, 0.15) is 43.9 Å². The molecule has 1 aliphatic carbocycles. The second-order valence-electron chi connectivity index (χ2n) is 6.42. The van der Waals surface area contributed by atoms with E-state index in [1.165, 1.54) is 48.0 Å². The molecule has 1 N–H and O–H groups in total. The van der Waals surface area contributed by atoms with Crippen LogP contribution in [0, 0.1) is 5.92 Å². The summed E-state index contributed by atoms with van der Waals surface area (Å²) in [6.45, 7) is 5.84. The van der Waals surface area contributed by atoms with Crippen molar-refractivity contribution in [2.75, 3.05) is 13.1 Å². The molecule has 2 unspecified atom stereocenters. The Balaban J connectivity index is 1.60. The van der Waals surface area contributed by atoms with Gasteiger partial charge in [0.25, 0.3) is 0 Å². The van der Waals surface area contributed by atoms with Crippen molar-refractivity contribution >= 4 is 27.3 Å². The number of hydrogen-bond acceptors (Lipinski definition) is 3. The maximum atomic E-state index is 3.81. The number of rotatable bonds is 3. The van der Waals surface area contributed by atoms with E-state index in [1.54, 1.807) is 0 Å². The molecule has 2 fully saturated rings. The van der Waals surface area contributed by atoms with Crippen LogP contribution in [0.3, 0.4) is 0 Å². The molecule has 0 radical (unpaired) electrons. The van der Waals surface area contributed by atoms with Gasteiger partial charge in [-0.3, -0.25) is 4.90 Å². The third-order valence-corrected chi connectivity index (χ3v) is 6.61. The molecular weight excluding hydrogens is 332 g/mol. The topological polar surface area (TPSA) is 15.3 Å².